The molecule has 2 saturated heterocycles. The van der Waals surface area contributed by atoms with Crippen molar-refractivity contribution in [3.05, 3.63) is 48.0 Å². The molecule has 3 aliphatic rings. The van der Waals surface area contributed by atoms with E-state index in [1.807, 2.05) is 42.5 Å². The zero-order valence-corrected chi connectivity index (χ0v) is 12.8. The lowest BCUT2D eigenvalue weighted by Crippen LogP contribution is -2.64. The van der Waals surface area contributed by atoms with Crippen LogP contribution in [0.25, 0.3) is 0 Å². The largest absolute Gasteiger partial charge is 0.445 e. The maximum absolute atomic E-state index is 12.5. The molecule has 23 heavy (non-hydrogen) atoms. The Kier molecular flexibility index (Phi) is 3.45. The van der Waals surface area contributed by atoms with Crippen LogP contribution >= 0.6 is 0 Å². The maximum atomic E-state index is 12.5. The van der Waals surface area contributed by atoms with Crippen LogP contribution in [0.5, 0.6) is 0 Å². The SMILES string of the molecule is O=C1C[C@@H]2C=C[C@@]3(CCCN(C(=O)OCc4ccccc4)[C@@H]13)O2. The summed E-state index contributed by atoms with van der Waals surface area (Å²) in [6.45, 7) is 0.747. The van der Waals surface area contributed by atoms with Crippen LogP contribution in [0.15, 0.2) is 42.5 Å². The summed E-state index contributed by atoms with van der Waals surface area (Å²) in [6.07, 6.45) is 5.29. The van der Waals surface area contributed by atoms with Gasteiger partial charge in [-0.2, -0.15) is 0 Å². The average Bonchev–Trinajstić information content (AvgIpc) is 2.89. The summed E-state index contributed by atoms with van der Waals surface area (Å²) < 4.78 is 11.4. The molecule has 1 spiro atoms. The normalized spacial score (nSPS) is 31.8. The summed E-state index contributed by atoms with van der Waals surface area (Å²) in [4.78, 5) is 26.6. The number of rotatable bonds is 2. The van der Waals surface area contributed by atoms with Gasteiger partial charge in [-0.05, 0) is 18.4 Å². The third-order valence-electron chi connectivity index (χ3n) is 4.85. The first kappa shape index (κ1) is 14.5. The number of hydrogen-bond donors (Lipinski definition) is 0. The average molecular weight is 313 g/mol. The quantitative estimate of drug-likeness (QED) is 0.787. The fourth-order valence-corrected chi connectivity index (χ4v) is 3.85. The Morgan fingerprint density at radius 3 is 3.00 bits per heavy atom. The van der Waals surface area contributed by atoms with Crippen molar-refractivity contribution in [1.29, 1.82) is 0 Å². The highest BCUT2D eigenvalue weighted by Gasteiger charge is 2.56. The molecule has 0 aromatic heterocycles. The van der Waals surface area contributed by atoms with E-state index in [2.05, 4.69) is 0 Å². The van der Waals surface area contributed by atoms with Gasteiger partial charge in [0.2, 0.25) is 0 Å². The van der Waals surface area contributed by atoms with Crippen LogP contribution in [0.4, 0.5) is 4.79 Å². The third kappa shape index (κ3) is 2.45. The first-order valence-electron chi connectivity index (χ1n) is 8.05. The van der Waals surface area contributed by atoms with E-state index in [-0.39, 0.29) is 18.5 Å². The van der Waals surface area contributed by atoms with Gasteiger partial charge in [-0.1, -0.05) is 42.5 Å². The Hall–Kier alpha value is -2.14. The first-order chi connectivity index (χ1) is 11.2. The number of Topliss-reactive ketones (excluding diaryl/α,β-unsaturated/α-hetero) is 1. The van der Waals surface area contributed by atoms with Gasteiger partial charge in [0.05, 0.1) is 6.10 Å². The molecular formula is C18H19NO4. The Labute approximate surface area is 134 Å². The molecular weight excluding hydrogens is 294 g/mol. The van der Waals surface area contributed by atoms with Crippen LogP contribution in [-0.2, 0) is 20.9 Å². The number of benzene rings is 1. The second kappa shape index (κ2) is 5.49. The fourth-order valence-electron chi connectivity index (χ4n) is 3.85. The minimum Gasteiger partial charge on any atom is -0.445 e. The lowest BCUT2D eigenvalue weighted by molar-refractivity contribution is -0.160. The first-order valence-corrected chi connectivity index (χ1v) is 8.05. The molecule has 0 saturated carbocycles. The summed E-state index contributed by atoms with van der Waals surface area (Å²) in [6, 6.07) is 8.99. The summed E-state index contributed by atoms with van der Waals surface area (Å²) in [7, 11) is 0. The predicted molar refractivity (Wildman–Crippen MR) is 82.7 cm³/mol. The number of ether oxygens (including phenoxy) is 2. The number of likely N-dealkylation sites (tertiary alicyclic amines) is 1. The molecule has 2 bridgehead atoms. The molecule has 5 nitrogen and oxygen atoms in total. The van der Waals surface area contributed by atoms with Crippen LogP contribution in [0.3, 0.4) is 0 Å². The number of fused-ring (bicyclic) bond motifs is 1. The molecule has 120 valence electrons. The third-order valence-corrected chi connectivity index (χ3v) is 4.85. The Balaban J connectivity index is 1.50. The van der Waals surface area contributed by atoms with E-state index in [1.54, 1.807) is 4.90 Å². The molecule has 3 atom stereocenters. The minimum atomic E-state index is -0.635. The molecule has 0 N–H and O–H groups in total. The molecule has 0 radical (unpaired) electrons. The smallest absolute Gasteiger partial charge is 0.410 e. The summed E-state index contributed by atoms with van der Waals surface area (Å²) in [5.41, 5.74) is 0.295. The highest BCUT2D eigenvalue weighted by Crippen LogP contribution is 2.43. The Bertz CT molecular complexity index is 656. The molecule has 1 aromatic rings. The Morgan fingerprint density at radius 1 is 1.35 bits per heavy atom. The molecule has 1 amide bonds. The molecule has 2 fully saturated rings. The fraction of sp³-hybridized carbons (Fsp3) is 0.444. The lowest BCUT2D eigenvalue weighted by atomic mass is 9.81. The summed E-state index contributed by atoms with van der Waals surface area (Å²) >= 11 is 0. The number of carbonyl (C=O) groups excluding carboxylic acids is 2. The molecule has 1 aromatic carbocycles. The maximum Gasteiger partial charge on any atom is 0.410 e. The van der Waals surface area contributed by atoms with E-state index in [0.717, 1.165) is 18.4 Å². The lowest BCUT2D eigenvalue weighted by Gasteiger charge is -2.48. The van der Waals surface area contributed by atoms with Crippen molar-refractivity contribution in [2.24, 2.45) is 0 Å². The number of nitrogens with zero attached hydrogens (tertiary/aromatic N) is 1. The van der Waals surface area contributed by atoms with Gasteiger partial charge in [0, 0.05) is 13.0 Å². The van der Waals surface area contributed by atoms with E-state index >= 15 is 0 Å². The van der Waals surface area contributed by atoms with Crippen LogP contribution in [0, 0.1) is 0 Å². The molecule has 3 heterocycles. The van der Waals surface area contributed by atoms with E-state index in [4.69, 9.17) is 9.47 Å². The van der Waals surface area contributed by atoms with Crippen molar-refractivity contribution >= 4 is 11.9 Å². The van der Waals surface area contributed by atoms with Gasteiger partial charge in [0.1, 0.15) is 18.2 Å². The Morgan fingerprint density at radius 2 is 2.17 bits per heavy atom. The van der Waals surface area contributed by atoms with Crippen LogP contribution in [0.2, 0.25) is 0 Å². The van der Waals surface area contributed by atoms with Crippen molar-refractivity contribution < 1.29 is 19.1 Å². The number of piperidine rings is 1. The second-order valence-corrected chi connectivity index (χ2v) is 6.38. The van der Waals surface area contributed by atoms with Crippen LogP contribution < -0.4 is 0 Å². The standard InChI is InChI=1S/C18H19NO4/c20-15-11-14-7-9-18(23-14)8-4-10-19(16(15)18)17(21)22-12-13-5-2-1-3-6-13/h1-3,5-7,9,14,16H,4,8,10-12H2/t14-,16-,18+/m0/s1. The highest BCUT2D eigenvalue weighted by molar-refractivity contribution is 5.91. The molecule has 0 aliphatic carbocycles. The second-order valence-electron chi connectivity index (χ2n) is 6.38. The van der Waals surface area contributed by atoms with Crippen molar-refractivity contribution in [2.75, 3.05) is 6.54 Å². The number of hydrogen-bond acceptors (Lipinski definition) is 4. The van der Waals surface area contributed by atoms with Gasteiger partial charge >= 0.3 is 6.09 Å². The van der Waals surface area contributed by atoms with Gasteiger partial charge in [-0.25, -0.2) is 4.79 Å². The van der Waals surface area contributed by atoms with E-state index in [9.17, 15) is 9.59 Å². The van der Waals surface area contributed by atoms with Gasteiger partial charge in [0.15, 0.2) is 5.78 Å². The number of carbonyl (C=O) groups is 2. The molecule has 3 aliphatic heterocycles. The van der Waals surface area contributed by atoms with Gasteiger partial charge < -0.3 is 9.47 Å². The van der Waals surface area contributed by atoms with Crippen molar-refractivity contribution in [1.82, 2.24) is 4.90 Å². The van der Waals surface area contributed by atoms with Gasteiger partial charge in [-0.15, -0.1) is 0 Å². The zero-order valence-electron chi connectivity index (χ0n) is 12.8. The van der Waals surface area contributed by atoms with Gasteiger partial charge in [0.25, 0.3) is 0 Å². The summed E-state index contributed by atoms with van der Waals surface area (Å²) in [5.74, 6) is 0.0719. The van der Waals surface area contributed by atoms with Gasteiger partial charge in [-0.3, -0.25) is 9.69 Å². The highest BCUT2D eigenvalue weighted by atomic mass is 16.6. The molecule has 0 unspecified atom stereocenters. The topological polar surface area (TPSA) is 55.8 Å². The van der Waals surface area contributed by atoms with E-state index in [0.29, 0.717) is 13.0 Å². The number of amides is 1. The van der Waals surface area contributed by atoms with E-state index < -0.39 is 17.7 Å². The number of ketones is 1. The van der Waals surface area contributed by atoms with Crippen LogP contribution in [-0.4, -0.2) is 41.1 Å². The van der Waals surface area contributed by atoms with Crippen molar-refractivity contribution in [2.45, 2.75) is 43.6 Å². The molecule has 5 heteroatoms. The predicted octanol–water partition coefficient (Wildman–Crippen LogP) is 2.45. The monoisotopic (exact) mass is 313 g/mol. The van der Waals surface area contributed by atoms with E-state index in [1.165, 1.54) is 0 Å². The molecule has 4 rings (SSSR count). The summed E-state index contributed by atoms with van der Waals surface area (Å²) in [5, 5.41) is 0. The zero-order chi connectivity index (χ0) is 15.9. The minimum absolute atomic E-state index is 0.0719. The van der Waals surface area contributed by atoms with Crippen molar-refractivity contribution in [3.63, 3.8) is 0 Å². The van der Waals surface area contributed by atoms with Crippen molar-refractivity contribution in [3.8, 4) is 0 Å². The van der Waals surface area contributed by atoms with Crippen LogP contribution in [0.1, 0.15) is 24.8 Å².